The number of likely N-dealkylation sites (N-methyl/N-ethyl adjacent to an activating group) is 1. The van der Waals surface area contributed by atoms with Crippen LogP contribution in [0.15, 0.2) is 71.9 Å². The van der Waals surface area contributed by atoms with Crippen molar-refractivity contribution >= 4 is 22.6 Å². The van der Waals surface area contributed by atoms with Crippen molar-refractivity contribution < 1.29 is 4.79 Å². The molecule has 3 aromatic rings. The lowest BCUT2D eigenvalue weighted by Gasteiger charge is -2.33. The monoisotopic (exact) mass is 538 g/mol. The number of anilines is 1. The second-order valence-electron chi connectivity index (χ2n) is 11.4. The number of allylic oxidation sites excluding steroid dienone is 3. The first-order chi connectivity index (χ1) is 19.2. The molecule has 1 fully saturated rings. The van der Waals surface area contributed by atoms with Crippen LogP contribution in [0.4, 0.5) is 5.82 Å². The zero-order valence-electron chi connectivity index (χ0n) is 24.8. The van der Waals surface area contributed by atoms with Crippen LogP contribution in [0.3, 0.4) is 0 Å². The van der Waals surface area contributed by atoms with Crippen molar-refractivity contribution in [2.75, 3.05) is 44.7 Å². The molecular weight excluding hydrogens is 496 g/mol. The van der Waals surface area contributed by atoms with E-state index in [1.807, 2.05) is 19.2 Å². The summed E-state index contributed by atoms with van der Waals surface area (Å²) in [7, 11) is 2.16. The molecule has 1 unspecified atom stereocenters. The van der Waals surface area contributed by atoms with Gasteiger partial charge in [0.2, 0.25) is 0 Å². The van der Waals surface area contributed by atoms with Gasteiger partial charge in [-0.1, -0.05) is 13.5 Å². The quantitative estimate of drug-likeness (QED) is 0.398. The molecule has 1 saturated heterocycles. The molecule has 7 heteroatoms. The predicted octanol–water partition coefficient (Wildman–Crippen LogP) is 5.80. The molecule has 1 amide bonds. The summed E-state index contributed by atoms with van der Waals surface area (Å²) in [6, 6.07) is 8.80. The molecule has 2 aliphatic rings. The third-order valence-electron chi connectivity index (χ3n) is 8.39. The summed E-state index contributed by atoms with van der Waals surface area (Å²) in [6.45, 7) is 19.2. The minimum Gasteiger partial charge on any atom is -0.359 e. The molecule has 0 radical (unpaired) electrons. The number of amides is 1. The van der Waals surface area contributed by atoms with Crippen molar-refractivity contribution in [1.29, 1.82) is 0 Å². The number of nitrogens with one attached hydrogen (secondary N) is 2. The number of pyridine rings is 1. The number of fused-ring (bicyclic) bond motifs is 1. The molecule has 2 N–H and O–H groups in total. The van der Waals surface area contributed by atoms with E-state index >= 15 is 0 Å². The summed E-state index contributed by atoms with van der Waals surface area (Å²) < 4.78 is 2.31. The van der Waals surface area contributed by atoms with Gasteiger partial charge < -0.3 is 25.0 Å². The Morgan fingerprint density at radius 3 is 2.52 bits per heavy atom. The molecule has 0 aliphatic carbocycles. The molecule has 1 atom stereocenters. The lowest BCUT2D eigenvalue weighted by Crippen LogP contribution is -2.44. The summed E-state index contributed by atoms with van der Waals surface area (Å²) >= 11 is 0. The summed E-state index contributed by atoms with van der Waals surface area (Å²) in [6.07, 6.45) is 7.22. The number of hydrogen-bond donors (Lipinski definition) is 2. The Bertz CT molecular complexity index is 1500. The maximum absolute atomic E-state index is 13.8. The molecule has 7 nitrogen and oxygen atoms in total. The number of dihydropyridines is 1. The molecule has 210 valence electrons. The second kappa shape index (κ2) is 11.3. The normalized spacial score (nSPS) is 17.2. The van der Waals surface area contributed by atoms with Gasteiger partial charge in [-0.25, -0.2) is 4.98 Å². The first-order valence-corrected chi connectivity index (χ1v) is 14.3. The van der Waals surface area contributed by atoms with Gasteiger partial charge in [-0.15, -0.1) is 0 Å². The van der Waals surface area contributed by atoms with E-state index in [4.69, 9.17) is 4.98 Å². The van der Waals surface area contributed by atoms with Crippen LogP contribution in [0, 0.1) is 6.92 Å². The minimum absolute atomic E-state index is 0.0850. The standard InChI is InChI=1S/C33H42N6O/c1-8-24(5)39-20-22(3)32-28(33(40)35-19-29-21(2)15-23(4)36-25(29)6)16-27(17-30(32)39)26-9-10-31(34-18-26)38-13-11-37(7)12-14-38/h9-10,15-18,20,24,36H,6,8,11-14,19H2,1-5,7H3,(H,35,40). The fraction of sp³-hybridized carbons (Fsp3) is 0.394. The maximum Gasteiger partial charge on any atom is 0.252 e. The SMILES string of the molecule is C=C1NC(C)=CC(C)=C1CNC(=O)c1cc(-c2ccc(N3CCN(C)CC3)nc2)cc2c1c(C)cn2C(C)CC. The fourth-order valence-corrected chi connectivity index (χ4v) is 5.78. The van der Waals surface area contributed by atoms with Gasteiger partial charge in [0.25, 0.3) is 5.91 Å². The second-order valence-corrected chi connectivity index (χ2v) is 11.4. The van der Waals surface area contributed by atoms with Gasteiger partial charge in [0.15, 0.2) is 0 Å². The highest BCUT2D eigenvalue weighted by atomic mass is 16.1. The van der Waals surface area contributed by atoms with Crippen LogP contribution in [0.5, 0.6) is 0 Å². The summed E-state index contributed by atoms with van der Waals surface area (Å²) in [5.74, 6) is 0.919. The van der Waals surface area contributed by atoms with Crippen molar-refractivity contribution in [1.82, 2.24) is 25.1 Å². The highest BCUT2D eigenvalue weighted by molar-refractivity contribution is 6.09. The maximum atomic E-state index is 13.8. The lowest BCUT2D eigenvalue weighted by molar-refractivity contribution is 0.0958. The molecule has 0 saturated carbocycles. The largest absolute Gasteiger partial charge is 0.359 e. The van der Waals surface area contributed by atoms with Crippen LogP contribution in [-0.2, 0) is 0 Å². The number of piperazine rings is 1. The highest BCUT2D eigenvalue weighted by Crippen LogP contribution is 2.34. The molecule has 5 rings (SSSR count). The van der Waals surface area contributed by atoms with Gasteiger partial charge in [0, 0.05) is 84.6 Å². The molecule has 0 bridgehead atoms. The molecule has 0 spiro atoms. The first-order valence-electron chi connectivity index (χ1n) is 14.3. The van der Waals surface area contributed by atoms with Gasteiger partial charge in [-0.3, -0.25) is 4.79 Å². The van der Waals surface area contributed by atoms with Crippen molar-refractivity contribution in [3.8, 4) is 11.1 Å². The topological polar surface area (TPSA) is 65.4 Å². The van der Waals surface area contributed by atoms with Crippen LogP contribution in [-0.4, -0.2) is 60.1 Å². The van der Waals surface area contributed by atoms with E-state index in [2.05, 4.69) is 96.8 Å². The number of rotatable bonds is 7. The molecular formula is C33H42N6O. The summed E-state index contributed by atoms with van der Waals surface area (Å²) in [4.78, 5) is 23.3. The highest BCUT2D eigenvalue weighted by Gasteiger charge is 2.21. The summed E-state index contributed by atoms with van der Waals surface area (Å²) in [5, 5.41) is 7.48. The van der Waals surface area contributed by atoms with Gasteiger partial charge in [0.1, 0.15) is 5.82 Å². The number of benzene rings is 1. The van der Waals surface area contributed by atoms with E-state index in [9.17, 15) is 4.79 Å². The van der Waals surface area contributed by atoms with Crippen molar-refractivity contribution in [3.63, 3.8) is 0 Å². The predicted molar refractivity (Wildman–Crippen MR) is 166 cm³/mol. The van der Waals surface area contributed by atoms with E-state index in [1.54, 1.807) is 0 Å². The van der Waals surface area contributed by atoms with Gasteiger partial charge in [-0.2, -0.15) is 0 Å². The van der Waals surface area contributed by atoms with E-state index in [1.165, 1.54) is 0 Å². The zero-order valence-corrected chi connectivity index (χ0v) is 24.8. The average molecular weight is 539 g/mol. The molecule has 4 heterocycles. The Kier molecular flexibility index (Phi) is 7.86. The smallest absolute Gasteiger partial charge is 0.252 e. The lowest BCUT2D eigenvalue weighted by atomic mass is 9.98. The average Bonchev–Trinajstić information content (AvgIpc) is 3.28. The third kappa shape index (κ3) is 5.43. The molecule has 2 aromatic heterocycles. The van der Waals surface area contributed by atoms with Crippen molar-refractivity contribution in [2.45, 2.75) is 47.1 Å². The first kappa shape index (κ1) is 27.7. The minimum atomic E-state index is -0.0850. The Hall–Kier alpha value is -3.84. The Balaban J connectivity index is 1.51. The van der Waals surface area contributed by atoms with Crippen LogP contribution in [0.2, 0.25) is 0 Å². The molecule has 2 aliphatic heterocycles. The van der Waals surface area contributed by atoms with Crippen LogP contribution in [0.25, 0.3) is 22.0 Å². The Morgan fingerprint density at radius 2 is 1.88 bits per heavy atom. The van der Waals surface area contributed by atoms with Gasteiger partial charge in [0.05, 0.1) is 0 Å². The van der Waals surface area contributed by atoms with E-state index in [0.29, 0.717) is 18.2 Å². The number of hydrogen-bond acceptors (Lipinski definition) is 5. The number of carbonyl (C=O) groups is 1. The Labute approximate surface area is 238 Å². The van der Waals surface area contributed by atoms with Gasteiger partial charge in [-0.05, 0) is 93.8 Å². The zero-order chi connectivity index (χ0) is 28.6. The number of aryl methyl sites for hydroxylation is 1. The van der Waals surface area contributed by atoms with Crippen LogP contribution in [0.1, 0.15) is 56.1 Å². The third-order valence-corrected chi connectivity index (χ3v) is 8.39. The van der Waals surface area contributed by atoms with E-state index in [-0.39, 0.29) is 5.91 Å². The number of carbonyl (C=O) groups excluding carboxylic acids is 1. The van der Waals surface area contributed by atoms with E-state index in [0.717, 1.165) is 88.6 Å². The van der Waals surface area contributed by atoms with Crippen molar-refractivity contribution in [2.24, 2.45) is 0 Å². The summed E-state index contributed by atoms with van der Waals surface area (Å²) in [5.41, 5.74) is 8.90. The van der Waals surface area contributed by atoms with Crippen LogP contribution < -0.4 is 15.5 Å². The Morgan fingerprint density at radius 1 is 1.12 bits per heavy atom. The molecule has 40 heavy (non-hydrogen) atoms. The van der Waals surface area contributed by atoms with Crippen molar-refractivity contribution in [3.05, 3.63) is 83.0 Å². The number of aromatic nitrogens is 2. The van der Waals surface area contributed by atoms with Crippen LogP contribution >= 0.6 is 0 Å². The molecule has 1 aromatic carbocycles. The van der Waals surface area contributed by atoms with E-state index < -0.39 is 0 Å². The van der Waals surface area contributed by atoms with Gasteiger partial charge >= 0.3 is 0 Å². The fourth-order valence-electron chi connectivity index (χ4n) is 5.78. The number of nitrogens with zero attached hydrogens (tertiary/aromatic N) is 4.